The van der Waals surface area contributed by atoms with Gasteiger partial charge in [0.25, 0.3) is 5.91 Å². The van der Waals surface area contributed by atoms with E-state index in [9.17, 15) is 9.59 Å². The van der Waals surface area contributed by atoms with Crippen molar-refractivity contribution in [2.75, 3.05) is 5.32 Å². The molecule has 4 nitrogen and oxygen atoms in total. The van der Waals surface area contributed by atoms with Gasteiger partial charge in [-0.05, 0) is 50.1 Å². The Hall–Kier alpha value is -2.10. The standard InChI is InChI=1S/C14H16N2O2/c1-2-3-13(17)15-11-6-4-10(5-7-11)14(18)16-12-8-9-12/h2-7,12H,8-9H2,1H3,(H,15,17)(H,16,18). The Balaban J connectivity index is 1.95. The van der Waals surface area contributed by atoms with Crippen molar-refractivity contribution in [3.63, 3.8) is 0 Å². The highest BCUT2D eigenvalue weighted by Gasteiger charge is 2.23. The van der Waals surface area contributed by atoms with Crippen LogP contribution in [0.4, 0.5) is 5.69 Å². The van der Waals surface area contributed by atoms with E-state index in [2.05, 4.69) is 10.6 Å². The summed E-state index contributed by atoms with van der Waals surface area (Å²) in [5, 5.41) is 5.62. The number of nitrogens with one attached hydrogen (secondary N) is 2. The van der Waals surface area contributed by atoms with Crippen LogP contribution in [0.15, 0.2) is 36.4 Å². The number of carbonyl (C=O) groups excluding carboxylic acids is 2. The third-order valence-electron chi connectivity index (χ3n) is 2.65. The maximum atomic E-state index is 11.7. The van der Waals surface area contributed by atoms with Crippen LogP contribution in [-0.2, 0) is 4.79 Å². The lowest BCUT2D eigenvalue weighted by atomic mass is 10.2. The third-order valence-corrected chi connectivity index (χ3v) is 2.65. The summed E-state index contributed by atoms with van der Waals surface area (Å²) >= 11 is 0. The predicted octanol–water partition coefficient (Wildman–Crippen LogP) is 2.09. The average Bonchev–Trinajstić information content (AvgIpc) is 3.14. The second-order valence-electron chi connectivity index (χ2n) is 4.31. The van der Waals surface area contributed by atoms with Crippen LogP contribution in [0.5, 0.6) is 0 Å². The summed E-state index contributed by atoms with van der Waals surface area (Å²) in [7, 11) is 0. The molecule has 2 N–H and O–H groups in total. The lowest BCUT2D eigenvalue weighted by molar-refractivity contribution is -0.111. The first-order chi connectivity index (χ1) is 8.69. The Kier molecular flexibility index (Phi) is 3.77. The summed E-state index contributed by atoms with van der Waals surface area (Å²) in [6.07, 6.45) is 5.27. The van der Waals surface area contributed by atoms with Crippen LogP contribution < -0.4 is 10.6 Å². The summed E-state index contributed by atoms with van der Waals surface area (Å²) in [6.45, 7) is 1.78. The molecule has 2 amide bonds. The Morgan fingerprint density at radius 3 is 2.44 bits per heavy atom. The van der Waals surface area contributed by atoms with Crippen LogP contribution in [0, 0.1) is 0 Å². The van der Waals surface area contributed by atoms with Crippen molar-refractivity contribution in [1.82, 2.24) is 5.32 Å². The molecule has 0 heterocycles. The van der Waals surface area contributed by atoms with Gasteiger partial charge in [-0.3, -0.25) is 9.59 Å². The molecule has 0 spiro atoms. The van der Waals surface area contributed by atoms with Crippen LogP contribution in [-0.4, -0.2) is 17.9 Å². The maximum Gasteiger partial charge on any atom is 0.251 e. The van der Waals surface area contributed by atoms with Crippen molar-refractivity contribution in [3.05, 3.63) is 42.0 Å². The zero-order valence-corrected chi connectivity index (χ0v) is 10.3. The van der Waals surface area contributed by atoms with Crippen molar-refractivity contribution in [1.29, 1.82) is 0 Å². The fourth-order valence-corrected chi connectivity index (χ4v) is 1.54. The molecule has 94 valence electrons. The minimum Gasteiger partial charge on any atom is -0.349 e. The SMILES string of the molecule is CC=CC(=O)Nc1ccc(C(=O)NC2CC2)cc1. The van der Waals surface area contributed by atoms with Gasteiger partial charge in [-0.1, -0.05) is 6.08 Å². The molecule has 1 aliphatic carbocycles. The summed E-state index contributed by atoms with van der Waals surface area (Å²) in [4.78, 5) is 23.0. The molecule has 1 aromatic rings. The third kappa shape index (κ3) is 3.45. The van der Waals surface area contributed by atoms with E-state index in [0.717, 1.165) is 12.8 Å². The highest BCUT2D eigenvalue weighted by atomic mass is 16.2. The molecule has 2 rings (SSSR count). The Morgan fingerprint density at radius 1 is 1.22 bits per heavy atom. The minimum atomic E-state index is -0.173. The molecule has 1 aromatic carbocycles. The Morgan fingerprint density at radius 2 is 1.89 bits per heavy atom. The van der Waals surface area contributed by atoms with Gasteiger partial charge in [0.2, 0.25) is 5.91 Å². The maximum absolute atomic E-state index is 11.7. The number of anilines is 1. The van der Waals surface area contributed by atoms with Crippen LogP contribution in [0.2, 0.25) is 0 Å². The number of amides is 2. The number of allylic oxidation sites excluding steroid dienone is 1. The van der Waals surface area contributed by atoms with Crippen molar-refractivity contribution >= 4 is 17.5 Å². The summed E-state index contributed by atoms with van der Waals surface area (Å²) < 4.78 is 0. The fraction of sp³-hybridized carbons (Fsp3) is 0.286. The van der Waals surface area contributed by atoms with Gasteiger partial charge >= 0.3 is 0 Å². The van der Waals surface area contributed by atoms with Crippen molar-refractivity contribution in [3.8, 4) is 0 Å². The Labute approximate surface area is 106 Å². The fourth-order valence-electron chi connectivity index (χ4n) is 1.54. The van der Waals surface area contributed by atoms with Gasteiger partial charge in [0.15, 0.2) is 0 Å². The molecule has 0 unspecified atom stereocenters. The van der Waals surface area contributed by atoms with E-state index in [4.69, 9.17) is 0 Å². The van der Waals surface area contributed by atoms with E-state index in [1.807, 2.05) is 0 Å². The number of rotatable bonds is 4. The van der Waals surface area contributed by atoms with E-state index in [0.29, 0.717) is 17.3 Å². The molecule has 18 heavy (non-hydrogen) atoms. The van der Waals surface area contributed by atoms with Gasteiger partial charge in [-0.25, -0.2) is 0 Å². The van der Waals surface area contributed by atoms with Crippen LogP contribution in [0.25, 0.3) is 0 Å². The molecule has 0 bridgehead atoms. The second kappa shape index (κ2) is 5.49. The molecular weight excluding hydrogens is 228 g/mol. The number of carbonyl (C=O) groups is 2. The molecule has 0 aliphatic heterocycles. The highest BCUT2D eigenvalue weighted by Crippen LogP contribution is 2.19. The normalized spacial score (nSPS) is 14.5. The first-order valence-electron chi connectivity index (χ1n) is 6.03. The molecule has 1 saturated carbocycles. The molecule has 0 aromatic heterocycles. The van der Waals surface area contributed by atoms with Crippen molar-refractivity contribution in [2.45, 2.75) is 25.8 Å². The lowest BCUT2D eigenvalue weighted by Gasteiger charge is -2.05. The zero-order chi connectivity index (χ0) is 13.0. The molecule has 1 fully saturated rings. The molecule has 1 aliphatic rings. The average molecular weight is 244 g/mol. The summed E-state index contributed by atoms with van der Waals surface area (Å²) in [5.74, 6) is -0.225. The summed E-state index contributed by atoms with van der Waals surface area (Å²) in [6, 6.07) is 7.23. The first-order valence-corrected chi connectivity index (χ1v) is 6.03. The van der Waals surface area contributed by atoms with Gasteiger partial charge in [0, 0.05) is 17.3 Å². The monoisotopic (exact) mass is 244 g/mol. The van der Waals surface area contributed by atoms with E-state index in [1.54, 1.807) is 37.3 Å². The van der Waals surface area contributed by atoms with Crippen LogP contribution >= 0.6 is 0 Å². The van der Waals surface area contributed by atoms with Crippen molar-refractivity contribution < 1.29 is 9.59 Å². The lowest BCUT2D eigenvalue weighted by Crippen LogP contribution is -2.25. The van der Waals surface area contributed by atoms with Gasteiger partial charge in [-0.2, -0.15) is 0 Å². The number of benzene rings is 1. The van der Waals surface area contributed by atoms with Crippen LogP contribution in [0.3, 0.4) is 0 Å². The quantitative estimate of drug-likeness (QED) is 0.797. The largest absolute Gasteiger partial charge is 0.349 e. The zero-order valence-electron chi connectivity index (χ0n) is 10.3. The van der Waals surface area contributed by atoms with Gasteiger partial charge < -0.3 is 10.6 Å². The first kappa shape index (κ1) is 12.4. The van der Waals surface area contributed by atoms with E-state index in [-0.39, 0.29) is 11.8 Å². The van der Waals surface area contributed by atoms with E-state index in [1.165, 1.54) is 6.08 Å². The number of hydrogen-bond donors (Lipinski definition) is 2. The molecule has 0 saturated heterocycles. The van der Waals surface area contributed by atoms with Crippen LogP contribution in [0.1, 0.15) is 30.1 Å². The van der Waals surface area contributed by atoms with Gasteiger partial charge in [0.1, 0.15) is 0 Å². The molecule has 0 atom stereocenters. The molecule has 0 radical (unpaired) electrons. The smallest absolute Gasteiger partial charge is 0.251 e. The van der Waals surface area contributed by atoms with Gasteiger partial charge in [0.05, 0.1) is 0 Å². The predicted molar refractivity (Wildman–Crippen MR) is 70.4 cm³/mol. The Bertz CT molecular complexity index is 473. The molecule has 4 heteroatoms. The van der Waals surface area contributed by atoms with E-state index >= 15 is 0 Å². The minimum absolute atomic E-state index is 0.0520. The van der Waals surface area contributed by atoms with Crippen molar-refractivity contribution in [2.24, 2.45) is 0 Å². The topological polar surface area (TPSA) is 58.2 Å². The molecular formula is C14H16N2O2. The highest BCUT2D eigenvalue weighted by molar-refractivity contribution is 6.00. The number of hydrogen-bond acceptors (Lipinski definition) is 2. The summed E-state index contributed by atoms with van der Waals surface area (Å²) in [5.41, 5.74) is 1.30. The second-order valence-corrected chi connectivity index (χ2v) is 4.31. The van der Waals surface area contributed by atoms with E-state index < -0.39 is 0 Å². The van der Waals surface area contributed by atoms with Gasteiger partial charge in [-0.15, -0.1) is 0 Å².